The molecule has 2 heterocycles. The summed E-state index contributed by atoms with van der Waals surface area (Å²) in [7, 11) is -0.260. The Bertz CT molecular complexity index is 712. The van der Waals surface area contributed by atoms with Crippen LogP contribution in [0.25, 0.3) is 11.4 Å². The monoisotopic (exact) mass is 327 g/mol. The molecule has 1 saturated heterocycles. The first-order chi connectivity index (χ1) is 11.2. The lowest BCUT2D eigenvalue weighted by Gasteiger charge is -2.32. The first-order valence-electron chi connectivity index (χ1n) is 7.88. The summed E-state index contributed by atoms with van der Waals surface area (Å²) in [6, 6.07) is 7.84. The van der Waals surface area contributed by atoms with Crippen LogP contribution in [0.15, 0.2) is 24.3 Å². The first kappa shape index (κ1) is 16.7. The van der Waals surface area contributed by atoms with Crippen molar-refractivity contribution in [3.63, 3.8) is 0 Å². The summed E-state index contributed by atoms with van der Waals surface area (Å²) in [4.78, 5) is 12.0. The summed E-state index contributed by atoms with van der Waals surface area (Å²) in [5.74, 6) is 0.680. The molecule has 7 nitrogen and oxygen atoms in total. The molecule has 126 valence electrons. The number of anilines is 2. The molecule has 0 unspecified atom stereocenters. The number of hydrogen-bond donors (Lipinski definition) is 2. The Morgan fingerprint density at radius 2 is 1.38 bits per heavy atom. The average Bonchev–Trinajstić information content (AvgIpc) is 2.66. The minimum atomic E-state index is -0.322. The number of rotatable bonds is 3. The molecule has 0 spiro atoms. The normalized spacial score (nSPS) is 18.8. The van der Waals surface area contributed by atoms with E-state index in [1.54, 1.807) is 0 Å². The summed E-state index contributed by atoms with van der Waals surface area (Å²) in [6.45, 7) is 8.19. The molecule has 1 aromatic heterocycles. The zero-order valence-electron chi connectivity index (χ0n) is 14.4. The fourth-order valence-corrected chi connectivity index (χ4v) is 2.57. The molecular formula is C16H22BN5O2. The van der Waals surface area contributed by atoms with E-state index in [0.717, 1.165) is 11.1 Å². The number of nitrogens with two attached hydrogens (primary N) is 2. The van der Waals surface area contributed by atoms with E-state index >= 15 is 0 Å². The van der Waals surface area contributed by atoms with Gasteiger partial charge in [-0.3, -0.25) is 0 Å². The highest BCUT2D eigenvalue weighted by Crippen LogP contribution is 2.37. The lowest BCUT2D eigenvalue weighted by molar-refractivity contribution is 0.00578. The lowest BCUT2D eigenvalue weighted by Crippen LogP contribution is -2.41. The third-order valence-electron chi connectivity index (χ3n) is 4.59. The van der Waals surface area contributed by atoms with E-state index in [0.29, 0.717) is 12.1 Å². The molecule has 0 radical (unpaired) electrons. The van der Waals surface area contributed by atoms with Gasteiger partial charge in [-0.05, 0) is 33.3 Å². The smallest absolute Gasteiger partial charge is 0.403 e. The summed E-state index contributed by atoms with van der Waals surface area (Å²) in [5.41, 5.74) is 12.5. The Hall–Kier alpha value is -2.19. The van der Waals surface area contributed by atoms with Crippen LogP contribution in [-0.2, 0) is 15.6 Å². The van der Waals surface area contributed by atoms with Crippen LogP contribution in [0.3, 0.4) is 0 Å². The largest absolute Gasteiger partial charge is 0.462 e. The number of nitrogen functional groups attached to an aromatic ring is 2. The second-order valence-corrected chi connectivity index (χ2v) is 6.96. The van der Waals surface area contributed by atoms with Gasteiger partial charge >= 0.3 is 7.12 Å². The summed E-state index contributed by atoms with van der Waals surface area (Å²) < 4.78 is 12.1. The SMILES string of the molecule is CC1(C)OB(Cc2ccc(-c3nc(N)nc(N)n3)cc2)OC1(C)C. The van der Waals surface area contributed by atoms with Crippen molar-refractivity contribution in [3.8, 4) is 11.4 Å². The quantitative estimate of drug-likeness (QED) is 0.828. The van der Waals surface area contributed by atoms with Gasteiger partial charge in [0.1, 0.15) is 0 Å². The molecular weight excluding hydrogens is 305 g/mol. The summed E-state index contributed by atoms with van der Waals surface area (Å²) >= 11 is 0. The molecule has 0 amide bonds. The van der Waals surface area contributed by atoms with Gasteiger partial charge in [0.05, 0.1) is 11.2 Å². The lowest BCUT2D eigenvalue weighted by atomic mass is 9.80. The molecule has 4 N–H and O–H groups in total. The highest BCUT2D eigenvalue weighted by atomic mass is 16.7. The van der Waals surface area contributed by atoms with E-state index in [2.05, 4.69) is 15.0 Å². The molecule has 1 aliphatic rings. The molecule has 24 heavy (non-hydrogen) atoms. The molecule has 3 rings (SSSR count). The Balaban J connectivity index is 1.74. The molecule has 0 aliphatic carbocycles. The second-order valence-electron chi connectivity index (χ2n) is 6.96. The first-order valence-corrected chi connectivity index (χ1v) is 7.88. The maximum atomic E-state index is 6.03. The van der Waals surface area contributed by atoms with Crippen LogP contribution >= 0.6 is 0 Å². The van der Waals surface area contributed by atoms with Crippen LogP contribution in [0.5, 0.6) is 0 Å². The van der Waals surface area contributed by atoms with Gasteiger partial charge in [0.15, 0.2) is 5.82 Å². The number of hydrogen-bond acceptors (Lipinski definition) is 7. The van der Waals surface area contributed by atoms with Gasteiger partial charge in [-0.1, -0.05) is 24.3 Å². The maximum Gasteiger partial charge on any atom is 0.462 e. The van der Waals surface area contributed by atoms with Crippen molar-refractivity contribution < 1.29 is 9.31 Å². The second kappa shape index (κ2) is 5.72. The van der Waals surface area contributed by atoms with Crippen molar-refractivity contribution in [2.24, 2.45) is 0 Å². The molecule has 2 aromatic rings. The Morgan fingerprint density at radius 3 is 1.88 bits per heavy atom. The van der Waals surface area contributed by atoms with Gasteiger partial charge in [-0.15, -0.1) is 0 Å². The van der Waals surface area contributed by atoms with Crippen molar-refractivity contribution in [2.45, 2.75) is 45.2 Å². The number of benzene rings is 1. The third kappa shape index (κ3) is 3.20. The zero-order valence-corrected chi connectivity index (χ0v) is 14.4. The minimum absolute atomic E-state index is 0.110. The van der Waals surface area contributed by atoms with Gasteiger partial charge in [-0.2, -0.15) is 15.0 Å². The standard InChI is InChI=1S/C16H22BN5O2/c1-15(2)16(3,4)24-17(23-15)9-10-5-7-11(8-6-10)12-20-13(18)22-14(19)21-12/h5-8H,9H2,1-4H3,(H4,18,19,20,21,22). The average molecular weight is 327 g/mol. The number of aromatic nitrogens is 3. The van der Waals surface area contributed by atoms with Crippen molar-refractivity contribution in [1.29, 1.82) is 0 Å². The van der Waals surface area contributed by atoms with E-state index in [9.17, 15) is 0 Å². The molecule has 0 atom stereocenters. The minimum Gasteiger partial charge on any atom is -0.403 e. The Morgan fingerprint density at radius 1 is 0.875 bits per heavy atom. The van der Waals surface area contributed by atoms with Gasteiger partial charge in [-0.25, -0.2) is 0 Å². The highest BCUT2D eigenvalue weighted by molar-refractivity contribution is 6.45. The van der Waals surface area contributed by atoms with Crippen LogP contribution in [0.1, 0.15) is 33.3 Å². The van der Waals surface area contributed by atoms with E-state index in [4.69, 9.17) is 20.8 Å². The maximum absolute atomic E-state index is 6.03. The van der Waals surface area contributed by atoms with Gasteiger partial charge < -0.3 is 20.8 Å². The van der Waals surface area contributed by atoms with Crippen molar-refractivity contribution >= 4 is 19.0 Å². The Labute approximate surface area is 141 Å². The van der Waals surface area contributed by atoms with Gasteiger partial charge in [0.2, 0.25) is 11.9 Å². The van der Waals surface area contributed by atoms with Crippen LogP contribution < -0.4 is 11.5 Å². The van der Waals surface area contributed by atoms with Crippen LogP contribution in [-0.4, -0.2) is 33.3 Å². The van der Waals surface area contributed by atoms with Crippen molar-refractivity contribution in [1.82, 2.24) is 15.0 Å². The molecule has 0 bridgehead atoms. The van der Waals surface area contributed by atoms with Gasteiger partial charge in [0.25, 0.3) is 0 Å². The van der Waals surface area contributed by atoms with Gasteiger partial charge in [0, 0.05) is 11.9 Å². The van der Waals surface area contributed by atoms with E-state index < -0.39 is 0 Å². The molecule has 1 aliphatic heterocycles. The fraction of sp³-hybridized carbons (Fsp3) is 0.438. The molecule has 1 aromatic carbocycles. The van der Waals surface area contributed by atoms with Crippen LogP contribution in [0, 0.1) is 0 Å². The summed E-state index contributed by atoms with van der Waals surface area (Å²) in [6.07, 6.45) is 0.675. The Kier molecular flexibility index (Phi) is 3.97. The van der Waals surface area contributed by atoms with E-state index in [1.807, 2.05) is 52.0 Å². The van der Waals surface area contributed by atoms with Crippen molar-refractivity contribution in [2.75, 3.05) is 11.5 Å². The molecule has 0 saturated carbocycles. The molecule has 1 fully saturated rings. The van der Waals surface area contributed by atoms with Crippen LogP contribution in [0.4, 0.5) is 11.9 Å². The zero-order chi connectivity index (χ0) is 17.5. The van der Waals surface area contributed by atoms with E-state index in [-0.39, 0.29) is 30.2 Å². The van der Waals surface area contributed by atoms with Crippen molar-refractivity contribution in [3.05, 3.63) is 29.8 Å². The fourth-order valence-electron chi connectivity index (χ4n) is 2.57. The predicted octanol–water partition coefficient (Wildman–Crippen LogP) is 1.88. The predicted molar refractivity (Wildman–Crippen MR) is 93.9 cm³/mol. The highest BCUT2D eigenvalue weighted by Gasteiger charge is 2.50. The third-order valence-corrected chi connectivity index (χ3v) is 4.59. The van der Waals surface area contributed by atoms with Crippen LogP contribution in [0.2, 0.25) is 0 Å². The molecule has 8 heteroatoms. The topological polar surface area (TPSA) is 109 Å². The number of nitrogens with zero attached hydrogens (tertiary/aromatic N) is 3. The summed E-state index contributed by atoms with van der Waals surface area (Å²) in [5, 5.41) is 0. The van der Waals surface area contributed by atoms with E-state index in [1.165, 1.54) is 0 Å².